The molecule has 1 heterocycles. The van der Waals surface area contributed by atoms with Gasteiger partial charge in [-0.05, 0) is 30.7 Å². The number of hydrogen-bond acceptors (Lipinski definition) is 3. The largest absolute Gasteiger partial charge is 0.457 e. The quantitative estimate of drug-likeness (QED) is 0.525. The van der Waals surface area contributed by atoms with Crippen LogP contribution in [-0.4, -0.2) is 15.7 Å². The molecule has 1 aromatic heterocycles. The summed E-state index contributed by atoms with van der Waals surface area (Å²) in [5, 5.41) is 7.52. The molecule has 0 spiro atoms. The Morgan fingerprint density at radius 2 is 1.92 bits per heavy atom. The van der Waals surface area contributed by atoms with Crippen molar-refractivity contribution in [2.75, 3.05) is 5.32 Å². The third-order valence-corrected chi connectivity index (χ3v) is 3.83. The number of nitrogens with two attached hydrogens (primary N) is 1. The van der Waals surface area contributed by atoms with E-state index in [1.807, 2.05) is 67.8 Å². The van der Waals surface area contributed by atoms with Gasteiger partial charge in [0.1, 0.15) is 11.5 Å². The zero-order valence-corrected chi connectivity index (χ0v) is 15.0. The summed E-state index contributed by atoms with van der Waals surface area (Å²) < 4.78 is 7.63. The van der Waals surface area contributed by atoms with Crippen molar-refractivity contribution in [3.63, 3.8) is 0 Å². The highest BCUT2D eigenvalue weighted by atomic mass is 16.5. The van der Waals surface area contributed by atoms with Crippen LogP contribution in [0.1, 0.15) is 18.2 Å². The molecule has 26 heavy (non-hydrogen) atoms. The molecule has 0 aliphatic carbocycles. The molecular weight excluding hydrogens is 326 g/mol. The minimum Gasteiger partial charge on any atom is -0.457 e. The SMILES string of the molecule is CCc1nn(C)cc1CN=C(N)Nc1cccc(Oc2ccccc2)c1. The second kappa shape index (κ2) is 8.20. The minimum atomic E-state index is 0.354. The first-order chi connectivity index (χ1) is 12.6. The van der Waals surface area contributed by atoms with Crippen LogP contribution in [-0.2, 0) is 20.0 Å². The van der Waals surface area contributed by atoms with Gasteiger partial charge in [0.2, 0.25) is 0 Å². The molecule has 3 N–H and O–H groups in total. The standard InChI is InChI=1S/C20H23N5O/c1-3-19-15(14-25(2)24-19)13-22-20(21)23-16-8-7-11-18(12-16)26-17-9-5-4-6-10-17/h4-12,14H,3,13H2,1-2H3,(H3,21,22,23). The Kier molecular flexibility index (Phi) is 5.53. The summed E-state index contributed by atoms with van der Waals surface area (Å²) in [6, 6.07) is 17.3. The lowest BCUT2D eigenvalue weighted by Gasteiger charge is -2.09. The van der Waals surface area contributed by atoms with E-state index >= 15 is 0 Å². The molecule has 2 aromatic carbocycles. The molecule has 3 aromatic rings. The fourth-order valence-corrected chi connectivity index (χ4v) is 2.63. The van der Waals surface area contributed by atoms with Crippen molar-refractivity contribution in [2.24, 2.45) is 17.8 Å². The van der Waals surface area contributed by atoms with Crippen molar-refractivity contribution in [3.8, 4) is 11.5 Å². The highest BCUT2D eigenvalue weighted by Gasteiger charge is 2.05. The van der Waals surface area contributed by atoms with E-state index in [1.165, 1.54) is 0 Å². The van der Waals surface area contributed by atoms with E-state index < -0.39 is 0 Å². The molecule has 6 nitrogen and oxygen atoms in total. The van der Waals surface area contributed by atoms with Gasteiger partial charge in [-0.15, -0.1) is 0 Å². The molecule has 0 bridgehead atoms. The normalized spacial score (nSPS) is 11.4. The summed E-state index contributed by atoms with van der Waals surface area (Å²) in [6.45, 7) is 2.57. The van der Waals surface area contributed by atoms with Crippen LogP contribution < -0.4 is 15.8 Å². The number of para-hydroxylation sites is 1. The van der Waals surface area contributed by atoms with Crippen molar-refractivity contribution >= 4 is 11.6 Å². The summed E-state index contributed by atoms with van der Waals surface area (Å²) in [6.07, 6.45) is 2.85. The van der Waals surface area contributed by atoms with Crippen LogP contribution in [0.25, 0.3) is 0 Å². The van der Waals surface area contributed by atoms with Crippen LogP contribution in [0.15, 0.2) is 65.8 Å². The van der Waals surface area contributed by atoms with Gasteiger partial charge in [-0.25, -0.2) is 4.99 Å². The van der Waals surface area contributed by atoms with Gasteiger partial charge in [0.05, 0.1) is 12.2 Å². The van der Waals surface area contributed by atoms with Gasteiger partial charge in [0.15, 0.2) is 5.96 Å². The van der Waals surface area contributed by atoms with E-state index in [1.54, 1.807) is 4.68 Å². The number of benzene rings is 2. The molecule has 0 fully saturated rings. The number of anilines is 1. The number of aromatic nitrogens is 2. The maximum Gasteiger partial charge on any atom is 0.193 e. The summed E-state index contributed by atoms with van der Waals surface area (Å²) in [5.74, 6) is 1.87. The summed E-state index contributed by atoms with van der Waals surface area (Å²) >= 11 is 0. The zero-order valence-electron chi connectivity index (χ0n) is 15.0. The lowest BCUT2D eigenvalue weighted by atomic mass is 10.2. The van der Waals surface area contributed by atoms with Crippen LogP contribution >= 0.6 is 0 Å². The maximum atomic E-state index is 6.03. The van der Waals surface area contributed by atoms with Gasteiger partial charge in [-0.1, -0.05) is 31.2 Å². The third kappa shape index (κ3) is 4.63. The Morgan fingerprint density at radius 3 is 2.69 bits per heavy atom. The molecule has 6 heteroatoms. The maximum absolute atomic E-state index is 6.03. The smallest absolute Gasteiger partial charge is 0.193 e. The van der Waals surface area contributed by atoms with Crippen LogP contribution in [0.4, 0.5) is 5.69 Å². The number of nitrogens with one attached hydrogen (secondary N) is 1. The van der Waals surface area contributed by atoms with E-state index in [2.05, 4.69) is 22.3 Å². The van der Waals surface area contributed by atoms with Crippen LogP contribution in [0.3, 0.4) is 0 Å². The number of hydrogen-bond donors (Lipinski definition) is 2. The van der Waals surface area contributed by atoms with Gasteiger partial charge < -0.3 is 15.8 Å². The number of aliphatic imine (C=N–C) groups is 1. The number of guanidine groups is 1. The van der Waals surface area contributed by atoms with E-state index in [-0.39, 0.29) is 0 Å². The van der Waals surface area contributed by atoms with Gasteiger partial charge in [0.25, 0.3) is 0 Å². The van der Waals surface area contributed by atoms with Gasteiger partial charge >= 0.3 is 0 Å². The first-order valence-electron chi connectivity index (χ1n) is 8.55. The fourth-order valence-electron chi connectivity index (χ4n) is 2.63. The Labute approximate surface area is 153 Å². The third-order valence-electron chi connectivity index (χ3n) is 3.83. The van der Waals surface area contributed by atoms with Gasteiger partial charge in [-0.2, -0.15) is 5.10 Å². The molecule has 0 saturated carbocycles. The monoisotopic (exact) mass is 349 g/mol. The molecular formula is C20H23N5O. The molecule has 0 saturated heterocycles. The molecule has 0 unspecified atom stereocenters. The molecule has 0 aliphatic heterocycles. The predicted octanol–water partition coefficient (Wildman–Crippen LogP) is 3.70. The Balaban J connectivity index is 1.65. The second-order valence-corrected chi connectivity index (χ2v) is 5.90. The number of rotatable bonds is 6. The van der Waals surface area contributed by atoms with E-state index in [9.17, 15) is 0 Å². The van der Waals surface area contributed by atoms with E-state index in [0.717, 1.165) is 34.9 Å². The van der Waals surface area contributed by atoms with E-state index in [4.69, 9.17) is 10.5 Å². The van der Waals surface area contributed by atoms with Crippen LogP contribution in [0.5, 0.6) is 11.5 Å². The minimum absolute atomic E-state index is 0.354. The number of aryl methyl sites for hydroxylation is 2. The highest BCUT2D eigenvalue weighted by Crippen LogP contribution is 2.23. The Hall–Kier alpha value is -3.28. The van der Waals surface area contributed by atoms with Crippen LogP contribution in [0, 0.1) is 0 Å². The second-order valence-electron chi connectivity index (χ2n) is 5.90. The van der Waals surface area contributed by atoms with Crippen molar-refractivity contribution < 1.29 is 4.74 Å². The average molecular weight is 349 g/mol. The molecule has 134 valence electrons. The lowest BCUT2D eigenvalue weighted by molar-refractivity contribution is 0.483. The molecule has 3 rings (SSSR count). The molecule has 0 amide bonds. The highest BCUT2D eigenvalue weighted by molar-refractivity contribution is 5.92. The van der Waals surface area contributed by atoms with Gasteiger partial charge in [0, 0.05) is 30.6 Å². The topological polar surface area (TPSA) is 77.5 Å². The van der Waals surface area contributed by atoms with Crippen molar-refractivity contribution in [1.82, 2.24) is 9.78 Å². The Morgan fingerprint density at radius 1 is 1.15 bits per heavy atom. The van der Waals surface area contributed by atoms with E-state index in [0.29, 0.717) is 12.5 Å². The molecule has 0 aliphatic rings. The number of nitrogens with zero attached hydrogens (tertiary/aromatic N) is 3. The molecule has 0 atom stereocenters. The first-order valence-corrected chi connectivity index (χ1v) is 8.55. The fraction of sp³-hybridized carbons (Fsp3) is 0.200. The first kappa shape index (κ1) is 17.5. The summed E-state index contributed by atoms with van der Waals surface area (Å²) in [4.78, 5) is 4.41. The average Bonchev–Trinajstić information content (AvgIpc) is 3.01. The Bertz CT molecular complexity index is 886. The molecule has 0 radical (unpaired) electrons. The zero-order chi connectivity index (χ0) is 18.4. The predicted molar refractivity (Wildman–Crippen MR) is 104 cm³/mol. The lowest BCUT2D eigenvalue weighted by Crippen LogP contribution is -2.22. The summed E-state index contributed by atoms with van der Waals surface area (Å²) in [7, 11) is 1.91. The number of ether oxygens (including phenoxy) is 1. The van der Waals surface area contributed by atoms with Crippen molar-refractivity contribution in [1.29, 1.82) is 0 Å². The van der Waals surface area contributed by atoms with Crippen molar-refractivity contribution in [2.45, 2.75) is 19.9 Å². The summed E-state index contributed by atoms with van der Waals surface area (Å²) in [5.41, 5.74) is 8.97. The van der Waals surface area contributed by atoms with Crippen molar-refractivity contribution in [3.05, 3.63) is 72.1 Å². The van der Waals surface area contributed by atoms with Gasteiger partial charge in [-0.3, -0.25) is 4.68 Å². The van der Waals surface area contributed by atoms with Crippen LogP contribution in [0.2, 0.25) is 0 Å².